The number of rotatable bonds is 7. The zero-order valence-corrected chi connectivity index (χ0v) is 11.7. The van der Waals surface area contributed by atoms with Crippen LogP contribution in [0.4, 0.5) is 0 Å². The zero-order valence-electron chi connectivity index (χ0n) is 10.9. The van der Waals surface area contributed by atoms with Gasteiger partial charge < -0.3 is 16.3 Å². The first-order valence-electron chi connectivity index (χ1n) is 6.04. The van der Waals surface area contributed by atoms with Gasteiger partial charge in [0.15, 0.2) is 5.84 Å². The van der Waals surface area contributed by atoms with Crippen molar-refractivity contribution in [1.29, 1.82) is 0 Å². The maximum absolute atomic E-state index is 11.9. The number of benzene rings is 1. The first-order chi connectivity index (χ1) is 9.19. The van der Waals surface area contributed by atoms with Crippen molar-refractivity contribution in [2.75, 3.05) is 18.6 Å². The van der Waals surface area contributed by atoms with Crippen LogP contribution in [0.5, 0.6) is 0 Å². The van der Waals surface area contributed by atoms with Gasteiger partial charge in [-0.05, 0) is 37.0 Å². The van der Waals surface area contributed by atoms with Gasteiger partial charge in [-0.15, -0.1) is 0 Å². The van der Waals surface area contributed by atoms with Crippen LogP contribution in [-0.2, 0) is 0 Å². The van der Waals surface area contributed by atoms with Crippen molar-refractivity contribution < 1.29 is 10.0 Å². The normalized spacial score (nSPS) is 11.3. The Morgan fingerprint density at radius 2 is 2.16 bits per heavy atom. The van der Waals surface area contributed by atoms with Gasteiger partial charge in [0.05, 0.1) is 0 Å². The van der Waals surface area contributed by atoms with E-state index in [2.05, 4.69) is 16.7 Å². The summed E-state index contributed by atoms with van der Waals surface area (Å²) in [6.07, 6.45) is 4.12. The van der Waals surface area contributed by atoms with Gasteiger partial charge in [0, 0.05) is 17.7 Å². The maximum Gasteiger partial charge on any atom is 0.251 e. The van der Waals surface area contributed by atoms with Crippen molar-refractivity contribution in [2.45, 2.75) is 12.8 Å². The highest BCUT2D eigenvalue weighted by molar-refractivity contribution is 7.98. The third-order valence-corrected chi connectivity index (χ3v) is 3.29. The van der Waals surface area contributed by atoms with E-state index in [4.69, 9.17) is 10.9 Å². The number of nitrogens with zero attached hydrogens (tertiary/aromatic N) is 1. The second kappa shape index (κ2) is 8.42. The number of hydrogen-bond donors (Lipinski definition) is 3. The highest BCUT2D eigenvalue weighted by Crippen LogP contribution is 2.05. The number of carbonyl (C=O) groups is 1. The van der Waals surface area contributed by atoms with Crippen molar-refractivity contribution >= 4 is 23.5 Å². The van der Waals surface area contributed by atoms with E-state index in [1.165, 1.54) is 0 Å². The number of nitrogens with two attached hydrogens (primary N) is 1. The summed E-state index contributed by atoms with van der Waals surface area (Å²) < 4.78 is 0. The Balaban J connectivity index is 2.53. The fourth-order valence-corrected chi connectivity index (χ4v) is 2.05. The predicted molar refractivity (Wildman–Crippen MR) is 78.9 cm³/mol. The SMILES string of the molecule is CSCCCCNC(=O)c1cccc(/C(N)=N/O)c1. The van der Waals surface area contributed by atoms with E-state index in [0.29, 0.717) is 17.7 Å². The van der Waals surface area contributed by atoms with Crippen molar-refractivity contribution in [1.82, 2.24) is 5.32 Å². The van der Waals surface area contributed by atoms with Crippen molar-refractivity contribution in [3.8, 4) is 0 Å². The Bertz CT molecular complexity index is 449. The quantitative estimate of drug-likeness (QED) is 0.233. The molecule has 19 heavy (non-hydrogen) atoms. The van der Waals surface area contributed by atoms with E-state index in [-0.39, 0.29) is 11.7 Å². The molecule has 1 aromatic rings. The molecule has 1 amide bonds. The molecule has 1 aromatic carbocycles. The molecule has 5 nitrogen and oxygen atoms in total. The Morgan fingerprint density at radius 3 is 2.84 bits per heavy atom. The van der Waals surface area contributed by atoms with Crippen LogP contribution in [0.3, 0.4) is 0 Å². The van der Waals surface area contributed by atoms with Crippen LogP contribution >= 0.6 is 11.8 Å². The predicted octanol–water partition coefficient (Wildman–Crippen LogP) is 1.65. The van der Waals surface area contributed by atoms with Gasteiger partial charge in [0.25, 0.3) is 5.91 Å². The lowest BCUT2D eigenvalue weighted by Gasteiger charge is -2.06. The van der Waals surface area contributed by atoms with Crippen LogP contribution in [0.25, 0.3) is 0 Å². The topological polar surface area (TPSA) is 87.7 Å². The summed E-state index contributed by atoms with van der Waals surface area (Å²) in [5.41, 5.74) is 6.52. The van der Waals surface area contributed by atoms with E-state index in [1.54, 1.807) is 36.0 Å². The minimum Gasteiger partial charge on any atom is -0.409 e. The summed E-state index contributed by atoms with van der Waals surface area (Å²) in [6.45, 7) is 0.660. The highest BCUT2D eigenvalue weighted by atomic mass is 32.2. The molecule has 0 atom stereocenters. The van der Waals surface area contributed by atoms with Crippen LogP contribution in [0.15, 0.2) is 29.4 Å². The average molecular weight is 281 g/mol. The van der Waals surface area contributed by atoms with Crippen molar-refractivity contribution in [2.24, 2.45) is 10.9 Å². The lowest BCUT2D eigenvalue weighted by molar-refractivity contribution is 0.0953. The number of thioether (sulfide) groups is 1. The van der Waals surface area contributed by atoms with Gasteiger partial charge in [0.2, 0.25) is 0 Å². The summed E-state index contributed by atoms with van der Waals surface area (Å²) >= 11 is 1.80. The number of unbranched alkanes of at least 4 members (excludes halogenated alkanes) is 1. The van der Waals surface area contributed by atoms with Gasteiger partial charge in [0.1, 0.15) is 0 Å². The monoisotopic (exact) mass is 281 g/mol. The standard InChI is InChI=1S/C13H19N3O2S/c1-19-8-3-2-7-15-13(17)11-6-4-5-10(9-11)12(14)16-18/h4-6,9,18H,2-3,7-8H2,1H3,(H2,14,16)(H,15,17). The lowest BCUT2D eigenvalue weighted by Crippen LogP contribution is -2.25. The average Bonchev–Trinajstić information content (AvgIpc) is 2.46. The Labute approximate surface area is 117 Å². The molecule has 1 rings (SSSR count). The molecule has 0 unspecified atom stereocenters. The number of oxime groups is 1. The smallest absolute Gasteiger partial charge is 0.251 e. The van der Waals surface area contributed by atoms with Crippen LogP contribution in [0.1, 0.15) is 28.8 Å². The van der Waals surface area contributed by atoms with Gasteiger partial charge >= 0.3 is 0 Å². The van der Waals surface area contributed by atoms with E-state index in [9.17, 15) is 4.79 Å². The second-order valence-corrected chi connectivity index (χ2v) is 5.01. The second-order valence-electron chi connectivity index (χ2n) is 4.02. The molecule has 6 heteroatoms. The van der Waals surface area contributed by atoms with E-state index in [1.807, 2.05) is 0 Å². The molecule has 0 radical (unpaired) electrons. The summed E-state index contributed by atoms with van der Waals surface area (Å²) in [5, 5.41) is 14.4. The Hall–Kier alpha value is -1.69. The molecule has 0 heterocycles. The largest absolute Gasteiger partial charge is 0.409 e. The minimum absolute atomic E-state index is 0.00498. The van der Waals surface area contributed by atoms with Crippen LogP contribution in [-0.4, -0.2) is 35.5 Å². The van der Waals surface area contributed by atoms with Crippen molar-refractivity contribution in [3.63, 3.8) is 0 Å². The number of amidine groups is 1. The van der Waals surface area contributed by atoms with E-state index < -0.39 is 0 Å². The third-order valence-electron chi connectivity index (χ3n) is 2.59. The number of nitrogens with one attached hydrogen (secondary N) is 1. The Kier molecular flexibility index (Phi) is 6.81. The summed E-state index contributed by atoms with van der Waals surface area (Å²) in [4.78, 5) is 11.9. The van der Waals surface area contributed by atoms with Crippen molar-refractivity contribution in [3.05, 3.63) is 35.4 Å². The fraction of sp³-hybridized carbons (Fsp3) is 0.385. The summed E-state index contributed by atoms with van der Waals surface area (Å²) in [5.74, 6) is 0.959. The van der Waals surface area contributed by atoms with Gasteiger partial charge in [-0.3, -0.25) is 4.79 Å². The molecule has 0 bridgehead atoms. The Morgan fingerprint density at radius 1 is 1.42 bits per heavy atom. The molecule has 0 saturated heterocycles. The van der Waals surface area contributed by atoms with E-state index in [0.717, 1.165) is 18.6 Å². The van der Waals surface area contributed by atoms with Crippen LogP contribution in [0.2, 0.25) is 0 Å². The molecular weight excluding hydrogens is 262 g/mol. The van der Waals surface area contributed by atoms with Gasteiger partial charge in [-0.25, -0.2) is 0 Å². The molecule has 0 aliphatic heterocycles. The number of hydrogen-bond acceptors (Lipinski definition) is 4. The number of carbonyl (C=O) groups excluding carboxylic acids is 1. The molecule has 0 aliphatic carbocycles. The van der Waals surface area contributed by atoms with E-state index >= 15 is 0 Å². The summed E-state index contributed by atoms with van der Waals surface area (Å²) in [7, 11) is 0. The molecule has 0 aromatic heterocycles. The first kappa shape index (κ1) is 15.4. The van der Waals surface area contributed by atoms with Gasteiger partial charge in [-0.1, -0.05) is 17.3 Å². The maximum atomic E-state index is 11.9. The van der Waals surface area contributed by atoms with Gasteiger partial charge in [-0.2, -0.15) is 11.8 Å². The molecule has 0 saturated carbocycles. The molecule has 0 fully saturated rings. The zero-order chi connectivity index (χ0) is 14.1. The highest BCUT2D eigenvalue weighted by Gasteiger charge is 2.07. The molecule has 0 spiro atoms. The molecule has 4 N–H and O–H groups in total. The summed E-state index contributed by atoms with van der Waals surface area (Å²) in [6, 6.07) is 6.69. The molecule has 0 aliphatic rings. The first-order valence-corrected chi connectivity index (χ1v) is 7.43. The molecular formula is C13H19N3O2S. The lowest BCUT2D eigenvalue weighted by atomic mass is 10.1. The van der Waals surface area contributed by atoms with Crippen LogP contribution in [0, 0.1) is 0 Å². The minimum atomic E-state index is -0.142. The van der Waals surface area contributed by atoms with Crippen LogP contribution < -0.4 is 11.1 Å². The molecule has 104 valence electrons. The number of amides is 1. The fourth-order valence-electron chi connectivity index (χ4n) is 1.55. The third kappa shape index (κ3) is 5.21.